The number of hydrogen-bond donors (Lipinski definition) is 1. The molecule has 0 aliphatic carbocycles. The van der Waals surface area contributed by atoms with E-state index in [1.54, 1.807) is 6.08 Å². The summed E-state index contributed by atoms with van der Waals surface area (Å²) in [5.74, 6) is 0. The zero-order valence-corrected chi connectivity index (χ0v) is 15.3. The van der Waals surface area contributed by atoms with Gasteiger partial charge in [0.05, 0.1) is 6.61 Å². The molecule has 126 valence electrons. The van der Waals surface area contributed by atoms with Crippen molar-refractivity contribution in [2.24, 2.45) is 0 Å². The van der Waals surface area contributed by atoms with E-state index in [9.17, 15) is 5.11 Å². The highest BCUT2D eigenvalue weighted by atomic mass is 16.6. The molecule has 0 aliphatic heterocycles. The second kappa shape index (κ2) is 12.4. The van der Waals surface area contributed by atoms with Crippen molar-refractivity contribution in [2.75, 3.05) is 6.61 Å². The minimum Gasteiger partial charge on any atom is -0.365 e. The Kier molecular flexibility index (Phi) is 11.8. The second-order valence-electron chi connectivity index (χ2n) is 6.43. The first-order chi connectivity index (χ1) is 10.3. The minimum atomic E-state index is -0.812. The minimum absolute atomic E-state index is 0.458. The van der Waals surface area contributed by atoms with Gasteiger partial charge in [-0.25, -0.2) is 0 Å². The van der Waals surface area contributed by atoms with Crippen LogP contribution in [0.25, 0.3) is 0 Å². The summed E-state index contributed by atoms with van der Waals surface area (Å²) in [5.41, 5.74) is 5.15. The lowest BCUT2D eigenvalue weighted by Crippen LogP contribution is -2.09. The van der Waals surface area contributed by atoms with Gasteiger partial charge in [-0.2, -0.15) is 0 Å². The predicted octanol–water partition coefficient (Wildman–Crippen LogP) is 5.71. The monoisotopic (exact) mass is 306 g/mol. The molecule has 1 atom stereocenters. The van der Waals surface area contributed by atoms with Gasteiger partial charge in [0.2, 0.25) is 0 Å². The fourth-order valence-corrected chi connectivity index (χ4v) is 1.94. The summed E-state index contributed by atoms with van der Waals surface area (Å²) >= 11 is 0. The van der Waals surface area contributed by atoms with Crippen LogP contribution in [0, 0.1) is 0 Å². The van der Waals surface area contributed by atoms with E-state index in [2.05, 4.69) is 52.8 Å². The van der Waals surface area contributed by atoms with Crippen LogP contribution >= 0.6 is 0 Å². The van der Waals surface area contributed by atoms with Gasteiger partial charge in [-0.3, -0.25) is 0 Å². The zero-order chi connectivity index (χ0) is 17.0. The molecule has 0 radical (unpaired) electrons. The van der Waals surface area contributed by atoms with Gasteiger partial charge in [0.1, 0.15) is 0 Å². The molecule has 2 heteroatoms. The molecular formula is C20H34O2. The second-order valence-corrected chi connectivity index (χ2v) is 6.43. The van der Waals surface area contributed by atoms with Crippen molar-refractivity contribution < 1.29 is 9.84 Å². The van der Waals surface area contributed by atoms with Gasteiger partial charge in [0.15, 0.2) is 6.29 Å². The van der Waals surface area contributed by atoms with Crippen LogP contribution in [0.15, 0.2) is 46.6 Å². The molecule has 0 aromatic carbocycles. The highest BCUT2D eigenvalue weighted by Crippen LogP contribution is 2.09. The van der Waals surface area contributed by atoms with E-state index in [0.717, 1.165) is 31.3 Å². The lowest BCUT2D eigenvalue weighted by molar-refractivity contribution is -0.0529. The van der Waals surface area contributed by atoms with Crippen LogP contribution in [0.3, 0.4) is 0 Å². The topological polar surface area (TPSA) is 29.5 Å². The summed E-state index contributed by atoms with van der Waals surface area (Å²) in [6, 6.07) is 0. The normalized spacial score (nSPS) is 13.8. The van der Waals surface area contributed by atoms with E-state index in [1.165, 1.54) is 16.7 Å². The summed E-state index contributed by atoms with van der Waals surface area (Å²) in [5, 5.41) is 9.84. The van der Waals surface area contributed by atoms with Crippen molar-refractivity contribution in [2.45, 2.75) is 73.5 Å². The van der Waals surface area contributed by atoms with Crippen LogP contribution in [0.1, 0.15) is 67.2 Å². The highest BCUT2D eigenvalue weighted by molar-refractivity contribution is 5.04. The van der Waals surface area contributed by atoms with E-state index in [-0.39, 0.29) is 0 Å². The third-order valence-electron chi connectivity index (χ3n) is 3.31. The van der Waals surface area contributed by atoms with Gasteiger partial charge in [0.25, 0.3) is 0 Å². The molecule has 0 aromatic rings. The Labute approximate surface area is 137 Å². The number of rotatable bonds is 10. The van der Waals surface area contributed by atoms with Crippen LogP contribution in [0.2, 0.25) is 0 Å². The van der Waals surface area contributed by atoms with Crippen molar-refractivity contribution in [3.05, 3.63) is 46.6 Å². The summed E-state index contributed by atoms with van der Waals surface area (Å²) in [4.78, 5) is 0. The lowest BCUT2D eigenvalue weighted by atomic mass is 10.1. The van der Waals surface area contributed by atoms with E-state index < -0.39 is 6.29 Å². The van der Waals surface area contributed by atoms with Crippen molar-refractivity contribution in [1.82, 2.24) is 0 Å². The third kappa shape index (κ3) is 13.8. The van der Waals surface area contributed by atoms with Crippen LogP contribution < -0.4 is 0 Å². The molecule has 0 spiro atoms. The number of aliphatic hydroxyl groups excluding tert-OH is 1. The van der Waals surface area contributed by atoms with E-state index in [4.69, 9.17) is 4.74 Å². The van der Waals surface area contributed by atoms with E-state index in [1.807, 2.05) is 6.92 Å². The molecule has 0 saturated heterocycles. The largest absolute Gasteiger partial charge is 0.365 e. The standard InChI is InChI=1S/C20H34O2/c1-16(2)9-7-11-18(5)13-14-22-20(21)15-19(6)12-8-10-17(3)4/h9-10,13,15,20-21H,7-8,11-12,14H2,1-6H3/b18-13-,19-15+. The first-order valence-corrected chi connectivity index (χ1v) is 8.20. The predicted molar refractivity (Wildman–Crippen MR) is 96.8 cm³/mol. The summed E-state index contributed by atoms with van der Waals surface area (Å²) in [7, 11) is 0. The maximum absolute atomic E-state index is 9.84. The van der Waals surface area contributed by atoms with Gasteiger partial charge in [-0.15, -0.1) is 0 Å². The molecular weight excluding hydrogens is 272 g/mol. The molecule has 0 rings (SSSR count). The van der Waals surface area contributed by atoms with Gasteiger partial charge < -0.3 is 9.84 Å². The average molecular weight is 306 g/mol. The van der Waals surface area contributed by atoms with Crippen molar-refractivity contribution in [3.63, 3.8) is 0 Å². The molecule has 2 nitrogen and oxygen atoms in total. The maximum Gasteiger partial charge on any atom is 0.174 e. The lowest BCUT2D eigenvalue weighted by Gasteiger charge is -2.08. The Bertz CT molecular complexity index is 417. The highest BCUT2D eigenvalue weighted by Gasteiger charge is 2.00. The van der Waals surface area contributed by atoms with Crippen molar-refractivity contribution in [1.29, 1.82) is 0 Å². The molecule has 0 saturated carbocycles. The van der Waals surface area contributed by atoms with E-state index in [0.29, 0.717) is 6.61 Å². The fraction of sp³-hybridized carbons (Fsp3) is 0.600. The summed E-state index contributed by atoms with van der Waals surface area (Å²) in [6.45, 7) is 13.0. The Morgan fingerprint density at radius 3 is 1.82 bits per heavy atom. The van der Waals surface area contributed by atoms with Gasteiger partial charge >= 0.3 is 0 Å². The first kappa shape index (κ1) is 20.9. The van der Waals surface area contributed by atoms with Gasteiger partial charge in [0, 0.05) is 0 Å². The molecule has 0 bridgehead atoms. The number of aliphatic hydroxyl groups is 1. The molecule has 0 aromatic heterocycles. The number of hydrogen-bond acceptors (Lipinski definition) is 2. The first-order valence-electron chi connectivity index (χ1n) is 8.20. The van der Waals surface area contributed by atoms with Crippen LogP contribution in [0.5, 0.6) is 0 Å². The van der Waals surface area contributed by atoms with Crippen LogP contribution in [-0.2, 0) is 4.74 Å². The summed E-state index contributed by atoms with van der Waals surface area (Å²) < 4.78 is 5.41. The molecule has 0 fully saturated rings. The quantitative estimate of drug-likeness (QED) is 0.414. The Balaban J connectivity index is 4.03. The average Bonchev–Trinajstić information content (AvgIpc) is 2.37. The Morgan fingerprint density at radius 2 is 1.32 bits per heavy atom. The molecule has 22 heavy (non-hydrogen) atoms. The molecule has 0 amide bonds. The van der Waals surface area contributed by atoms with Crippen LogP contribution in [-0.4, -0.2) is 18.0 Å². The zero-order valence-electron chi connectivity index (χ0n) is 15.3. The Hall–Kier alpha value is -1.12. The molecule has 0 aliphatic rings. The fourth-order valence-electron chi connectivity index (χ4n) is 1.94. The van der Waals surface area contributed by atoms with Crippen molar-refractivity contribution >= 4 is 0 Å². The number of allylic oxidation sites excluding steroid dienone is 6. The molecule has 0 heterocycles. The molecule has 1 N–H and O–H groups in total. The van der Waals surface area contributed by atoms with E-state index >= 15 is 0 Å². The number of ether oxygens (including phenoxy) is 1. The summed E-state index contributed by atoms with van der Waals surface area (Å²) in [6.07, 6.45) is 11.6. The van der Waals surface area contributed by atoms with Crippen LogP contribution in [0.4, 0.5) is 0 Å². The molecule has 1 unspecified atom stereocenters. The van der Waals surface area contributed by atoms with Gasteiger partial charge in [-0.05, 0) is 73.3 Å². The van der Waals surface area contributed by atoms with Gasteiger partial charge in [-0.1, -0.05) is 40.5 Å². The smallest absolute Gasteiger partial charge is 0.174 e. The van der Waals surface area contributed by atoms with Crippen molar-refractivity contribution in [3.8, 4) is 0 Å². The third-order valence-corrected chi connectivity index (χ3v) is 3.31. The maximum atomic E-state index is 9.84. The Morgan fingerprint density at radius 1 is 0.818 bits per heavy atom. The SMILES string of the molecule is CC(C)=CCC/C(C)=C\COC(O)/C=C(\C)CCC=C(C)C.